The minimum absolute atomic E-state index is 0.0827. The number of para-hydroxylation sites is 2. The summed E-state index contributed by atoms with van der Waals surface area (Å²) < 4.78 is 0. The van der Waals surface area contributed by atoms with E-state index >= 15 is 0 Å². The number of hydrogen-bond acceptors (Lipinski definition) is 4. The Morgan fingerprint density at radius 3 is 2.59 bits per heavy atom. The minimum atomic E-state index is -0.508. The van der Waals surface area contributed by atoms with Gasteiger partial charge in [0.2, 0.25) is 5.91 Å². The van der Waals surface area contributed by atoms with Crippen LogP contribution in [0.5, 0.6) is 0 Å². The van der Waals surface area contributed by atoms with Gasteiger partial charge in [0.1, 0.15) is 0 Å². The highest BCUT2D eigenvalue weighted by molar-refractivity contribution is 7.12. The Labute approximate surface area is 132 Å². The van der Waals surface area contributed by atoms with Crippen LogP contribution in [0, 0.1) is 0 Å². The maximum atomic E-state index is 12.8. The van der Waals surface area contributed by atoms with Gasteiger partial charge in [-0.1, -0.05) is 12.1 Å². The van der Waals surface area contributed by atoms with Gasteiger partial charge in [-0.15, -0.1) is 11.3 Å². The number of hydrogen-bond donors (Lipinski definition) is 1. The van der Waals surface area contributed by atoms with Crippen LogP contribution in [-0.4, -0.2) is 31.4 Å². The number of fused-ring (bicyclic) bond motifs is 1. The van der Waals surface area contributed by atoms with Gasteiger partial charge in [-0.3, -0.25) is 9.59 Å². The molecule has 5 nitrogen and oxygen atoms in total. The van der Waals surface area contributed by atoms with Gasteiger partial charge in [-0.25, -0.2) is 0 Å². The molecule has 0 saturated heterocycles. The van der Waals surface area contributed by atoms with Crippen LogP contribution < -0.4 is 15.5 Å². The number of amides is 2. The number of primary amides is 1. The first-order valence-corrected chi connectivity index (χ1v) is 8.04. The maximum absolute atomic E-state index is 12.8. The molecule has 1 aromatic heterocycles. The third-order valence-corrected chi connectivity index (χ3v) is 4.75. The topological polar surface area (TPSA) is 66.6 Å². The molecule has 114 valence electrons. The van der Waals surface area contributed by atoms with E-state index in [-0.39, 0.29) is 5.91 Å². The predicted octanol–water partition coefficient (Wildman–Crippen LogP) is 2.33. The number of likely N-dealkylation sites (N-methyl/N-ethyl adjacent to an activating group) is 1. The number of nitrogens with zero attached hydrogens (tertiary/aromatic N) is 2. The lowest BCUT2D eigenvalue weighted by Crippen LogP contribution is -2.43. The third kappa shape index (κ3) is 2.46. The van der Waals surface area contributed by atoms with Gasteiger partial charge in [-0.2, -0.15) is 0 Å². The lowest BCUT2D eigenvalue weighted by Gasteiger charge is -2.37. The largest absolute Gasteiger partial charge is 0.368 e. The fraction of sp³-hybridized carbons (Fsp3) is 0.250. The molecule has 2 N–H and O–H groups in total. The van der Waals surface area contributed by atoms with Crippen LogP contribution in [0.3, 0.4) is 0 Å². The molecule has 2 amide bonds. The summed E-state index contributed by atoms with van der Waals surface area (Å²) in [6.07, 6.45) is 0. The number of benzene rings is 1. The zero-order valence-electron chi connectivity index (χ0n) is 12.3. The second-order valence-corrected chi connectivity index (χ2v) is 6.00. The summed E-state index contributed by atoms with van der Waals surface area (Å²) in [7, 11) is 0. The molecule has 1 aromatic carbocycles. The summed E-state index contributed by atoms with van der Waals surface area (Å²) in [5.41, 5.74) is 7.62. The number of carbonyl (C=O) groups is 2. The molecule has 3 rings (SSSR count). The lowest BCUT2D eigenvalue weighted by molar-refractivity contribution is 0.0990. The predicted molar refractivity (Wildman–Crippen MR) is 88.8 cm³/mol. The number of carbonyl (C=O) groups excluding carboxylic acids is 2. The highest BCUT2D eigenvalue weighted by Gasteiger charge is 2.27. The Bertz CT molecular complexity index is 726. The first kappa shape index (κ1) is 14.6. The molecule has 2 aromatic rings. The van der Waals surface area contributed by atoms with Crippen molar-refractivity contribution in [3.05, 3.63) is 46.2 Å². The molecule has 6 heteroatoms. The standard InChI is InChI=1S/C16H17N3O2S/c1-2-18-7-8-19(13-6-4-3-5-12(13)18)16(21)14-9-11(10-22-14)15(17)20/h3-6,9-10H,2,7-8H2,1H3,(H2,17,20). The van der Waals surface area contributed by atoms with Crippen LogP contribution in [0.2, 0.25) is 0 Å². The van der Waals surface area contributed by atoms with Gasteiger partial charge in [0.05, 0.1) is 21.8 Å². The molecule has 0 spiro atoms. The van der Waals surface area contributed by atoms with Crippen molar-refractivity contribution in [3.63, 3.8) is 0 Å². The van der Waals surface area contributed by atoms with E-state index in [1.807, 2.05) is 24.3 Å². The SMILES string of the molecule is CCN1CCN(C(=O)c2cc(C(N)=O)cs2)c2ccccc21. The van der Waals surface area contributed by atoms with Crippen molar-refractivity contribution in [2.75, 3.05) is 29.4 Å². The smallest absolute Gasteiger partial charge is 0.268 e. The molecular formula is C16H17N3O2S. The molecule has 0 radical (unpaired) electrons. The van der Waals surface area contributed by atoms with Crippen molar-refractivity contribution in [1.29, 1.82) is 0 Å². The van der Waals surface area contributed by atoms with Crippen LogP contribution >= 0.6 is 11.3 Å². The second kappa shape index (κ2) is 5.81. The van der Waals surface area contributed by atoms with Crippen molar-refractivity contribution in [2.24, 2.45) is 5.73 Å². The Balaban J connectivity index is 1.94. The van der Waals surface area contributed by atoms with Gasteiger partial charge >= 0.3 is 0 Å². The molecular weight excluding hydrogens is 298 g/mol. The van der Waals surface area contributed by atoms with Crippen LogP contribution in [0.1, 0.15) is 27.0 Å². The van der Waals surface area contributed by atoms with Gasteiger partial charge in [0.25, 0.3) is 5.91 Å². The highest BCUT2D eigenvalue weighted by Crippen LogP contribution is 2.34. The quantitative estimate of drug-likeness (QED) is 0.945. The van der Waals surface area contributed by atoms with Gasteiger partial charge in [0, 0.05) is 25.0 Å². The first-order chi connectivity index (χ1) is 10.6. The van der Waals surface area contributed by atoms with E-state index in [1.165, 1.54) is 11.3 Å². The normalized spacial score (nSPS) is 13.9. The van der Waals surface area contributed by atoms with E-state index in [1.54, 1.807) is 16.3 Å². The fourth-order valence-corrected chi connectivity index (χ4v) is 3.52. The first-order valence-electron chi connectivity index (χ1n) is 7.16. The average Bonchev–Trinajstić information content (AvgIpc) is 3.03. The van der Waals surface area contributed by atoms with Gasteiger partial charge < -0.3 is 15.5 Å². The van der Waals surface area contributed by atoms with Crippen LogP contribution in [0.4, 0.5) is 11.4 Å². The fourth-order valence-electron chi connectivity index (χ4n) is 2.67. The van der Waals surface area contributed by atoms with Crippen LogP contribution in [-0.2, 0) is 0 Å². The van der Waals surface area contributed by atoms with E-state index in [9.17, 15) is 9.59 Å². The lowest BCUT2D eigenvalue weighted by atomic mass is 10.1. The molecule has 1 aliphatic rings. The zero-order valence-corrected chi connectivity index (χ0v) is 13.1. The summed E-state index contributed by atoms with van der Waals surface area (Å²) in [4.78, 5) is 28.5. The van der Waals surface area contributed by atoms with Crippen molar-refractivity contribution in [2.45, 2.75) is 6.92 Å². The summed E-state index contributed by atoms with van der Waals surface area (Å²) in [5, 5.41) is 1.63. The Hall–Kier alpha value is -2.34. The Morgan fingerprint density at radius 2 is 1.95 bits per heavy atom. The molecule has 0 bridgehead atoms. The monoisotopic (exact) mass is 315 g/mol. The summed E-state index contributed by atoms with van der Waals surface area (Å²) in [6.45, 7) is 4.44. The summed E-state index contributed by atoms with van der Waals surface area (Å²) in [5.74, 6) is -0.591. The molecule has 0 fully saturated rings. The average molecular weight is 315 g/mol. The van der Waals surface area contributed by atoms with Crippen LogP contribution in [0.15, 0.2) is 35.7 Å². The molecule has 0 unspecified atom stereocenters. The molecule has 0 atom stereocenters. The van der Waals surface area contributed by atoms with Gasteiger partial charge in [-0.05, 0) is 25.1 Å². The van der Waals surface area contributed by atoms with E-state index in [2.05, 4.69) is 11.8 Å². The van der Waals surface area contributed by atoms with E-state index < -0.39 is 5.91 Å². The minimum Gasteiger partial charge on any atom is -0.368 e. The number of anilines is 2. The maximum Gasteiger partial charge on any atom is 0.268 e. The number of nitrogens with two attached hydrogens (primary N) is 1. The van der Waals surface area contributed by atoms with E-state index in [0.717, 1.165) is 24.5 Å². The van der Waals surface area contributed by atoms with Crippen molar-refractivity contribution >= 4 is 34.5 Å². The molecule has 22 heavy (non-hydrogen) atoms. The summed E-state index contributed by atoms with van der Waals surface area (Å²) >= 11 is 1.26. The van der Waals surface area contributed by atoms with E-state index in [0.29, 0.717) is 17.0 Å². The molecule has 2 heterocycles. The third-order valence-electron chi connectivity index (χ3n) is 3.83. The Morgan fingerprint density at radius 1 is 1.23 bits per heavy atom. The van der Waals surface area contributed by atoms with Crippen molar-refractivity contribution < 1.29 is 9.59 Å². The highest BCUT2D eigenvalue weighted by atomic mass is 32.1. The van der Waals surface area contributed by atoms with Crippen molar-refractivity contribution in [3.8, 4) is 0 Å². The van der Waals surface area contributed by atoms with Gasteiger partial charge in [0.15, 0.2) is 0 Å². The molecule has 0 saturated carbocycles. The molecule has 0 aliphatic carbocycles. The number of rotatable bonds is 3. The van der Waals surface area contributed by atoms with E-state index in [4.69, 9.17) is 5.73 Å². The zero-order chi connectivity index (χ0) is 15.7. The number of thiophene rings is 1. The van der Waals surface area contributed by atoms with Crippen molar-refractivity contribution in [1.82, 2.24) is 0 Å². The summed E-state index contributed by atoms with van der Waals surface area (Å²) in [6, 6.07) is 9.47. The second-order valence-electron chi connectivity index (χ2n) is 5.09. The molecule has 1 aliphatic heterocycles. The Kier molecular flexibility index (Phi) is 3.85. The van der Waals surface area contributed by atoms with Crippen LogP contribution in [0.25, 0.3) is 0 Å².